The number of carbonyl (C=O) groups is 1. The highest BCUT2D eigenvalue weighted by Crippen LogP contribution is 2.32. The monoisotopic (exact) mass is 221 g/mol. The van der Waals surface area contributed by atoms with E-state index in [0.717, 1.165) is 12.0 Å². The van der Waals surface area contributed by atoms with E-state index in [1.807, 2.05) is 18.1 Å². The van der Waals surface area contributed by atoms with Gasteiger partial charge in [-0.1, -0.05) is 13.3 Å². The first-order valence-corrected chi connectivity index (χ1v) is 5.91. The fraction of sp³-hybridized carbons (Fsp3) is 0.667. The molecule has 0 aliphatic heterocycles. The maximum Gasteiger partial charge on any atom is 0.225 e. The molecule has 1 aromatic heterocycles. The molecule has 0 aromatic carbocycles. The maximum absolute atomic E-state index is 12.2. The third kappa shape index (κ3) is 2.26. The minimum atomic E-state index is 0.233. The molecule has 0 saturated heterocycles. The Morgan fingerprint density at radius 1 is 1.62 bits per heavy atom. The first-order chi connectivity index (χ1) is 7.68. The molecule has 4 nitrogen and oxygen atoms in total. The van der Waals surface area contributed by atoms with Crippen molar-refractivity contribution in [3.05, 3.63) is 18.0 Å². The van der Waals surface area contributed by atoms with E-state index >= 15 is 0 Å². The Balaban J connectivity index is 1.94. The third-order valence-corrected chi connectivity index (χ3v) is 3.53. The number of carbonyl (C=O) groups excluding carboxylic acids is 1. The molecule has 88 valence electrons. The summed E-state index contributed by atoms with van der Waals surface area (Å²) in [5, 5.41) is 6.65. The molecular weight excluding hydrogens is 202 g/mol. The quantitative estimate of drug-likeness (QED) is 0.846. The summed E-state index contributed by atoms with van der Waals surface area (Å²) in [5.41, 5.74) is 1.06. The van der Waals surface area contributed by atoms with Gasteiger partial charge in [0.1, 0.15) is 0 Å². The number of H-pyrrole nitrogens is 1. The lowest BCUT2D eigenvalue weighted by molar-refractivity contribution is -0.135. The fourth-order valence-electron chi connectivity index (χ4n) is 2.51. The Bertz CT molecular complexity index is 347. The van der Waals surface area contributed by atoms with Crippen molar-refractivity contribution in [2.75, 3.05) is 7.05 Å². The van der Waals surface area contributed by atoms with Crippen molar-refractivity contribution >= 4 is 5.91 Å². The number of hydrogen-bond acceptors (Lipinski definition) is 2. The van der Waals surface area contributed by atoms with Crippen LogP contribution in [0.2, 0.25) is 0 Å². The summed E-state index contributed by atoms with van der Waals surface area (Å²) < 4.78 is 0. The lowest BCUT2D eigenvalue weighted by atomic mass is 9.97. The molecule has 1 fully saturated rings. The number of nitrogens with zero attached hydrogens (tertiary/aromatic N) is 2. The van der Waals surface area contributed by atoms with Crippen LogP contribution in [-0.4, -0.2) is 28.1 Å². The standard InChI is InChI=1S/C12H19N3O/c1-9-4-3-5-11(9)12(16)15(2)8-10-6-13-14-7-10/h6-7,9,11H,3-5,8H2,1-2H3,(H,13,14). The molecule has 0 spiro atoms. The van der Waals surface area contributed by atoms with Crippen LogP contribution in [0.25, 0.3) is 0 Å². The van der Waals surface area contributed by atoms with Crippen LogP contribution in [0.15, 0.2) is 12.4 Å². The normalized spacial score (nSPS) is 24.6. The van der Waals surface area contributed by atoms with Gasteiger partial charge in [0.15, 0.2) is 0 Å². The number of amides is 1. The van der Waals surface area contributed by atoms with Crippen LogP contribution in [0, 0.1) is 11.8 Å². The van der Waals surface area contributed by atoms with Crippen molar-refractivity contribution in [3.8, 4) is 0 Å². The lowest BCUT2D eigenvalue weighted by Crippen LogP contribution is -2.33. The number of rotatable bonds is 3. The van der Waals surface area contributed by atoms with Crippen LogP contribution in [0.4, 0.5) is 0 Å². The Morgan fingerprint density at radius 2 is 2.44 bits per heavy atom. The van der Waals surface area contributed by atoms with Crippen molar-refractivity contribution in [3.63, 3.8) is 0 Å². The maximum atomic E-state index is 12.2. The SMILES string of the molecule is CC1CCCC1C(=O)N(C)Cc1cn[nH]c1. The van der Waals surface area contributed by atoms with Gasteiger partial charge in [0.2, 0.25) is 5.91 Å². The van der Waals surface area contributed by atoms with E-state index in [9.17, 15) is 4.79 Å². The third-order valence-electron chi connectivity index (χ3n) is 3.53. The number of aromatic nitrogens is 2. The highest BCUT2D eigenvalue weighted by Gasteiger charge is 2.31. The second kappa shape index (κ2) is 4.68. The topological polar surface area (TPSA) is 49.0 Å². The predicted octanol–water partition coefficient (Wildman–Crippen LogP) is 1.80. The fourth-order valence-corrected chi connectivity index (χ4v) is 2.51. The second-order valence-corrected chi connectivity index (χ2v) is 4.82. The van der Waals surface area contributed by atoms with Gasteiger partial charge in [-0.15, -0.1) is 0 Å². The van der Waals surface area contributed by atoms with Gasteiger partial charge in [-0.25, -0.2) is 0 Å². The summed E-state index contributed by atoms with van der Waals surface area (Å²) in [6.07, 6.45) is 7.03. The van der Waals surface area contributed by atoms with Gasteiger partial charge in [0.05, 0.1) is 6.20 Å². The minimum Gasteiger partial charge on any atom is -0.341 e. The smallest absolute Gasteiger partial charge is 0.225 e. The van der Waals surface area contributed by atoms with E-state index in [-0.39, 0.29) is 11.8 Å². The first kappa shape index (κ1) is 11.2. The molecule has 0 bridgehead atoms. The molecule has 1 N–H and O–H groups in total. The zero-order valence-corrected chi connectivity index (χ0v) is 9.94. The molecule has 1 heterocycles. The summed E-state index contributed by atoms with van der Waals surface area (Å²) in [5.74, 6) is 1.06. The number of aromatic amines is 1. The second-order valence-electron chi connectivity index (χ2n) is 4.82. The average Bonchev–Trinajstić information content (AvgIpc) is 2.88. The van der Waals surface area contributed by atoms with Gasteiger partial charge in [-0.3, -0.25) is 9.89 Å². The van der Waals surface area contributed by atoms with Crippen molar-refractivity contribution < 1.29 is 4.79 Å². The summed E-state index contributed by atoms with van der Waals surface area (Å²) in [4.78, 5) is 14.0. The van der Waals surface area contributed by atoms with Crippen molar-refractivity contribution in [2.45, 2.75) is 32.7 Å². The van der Waals surface area contributed by atoms with E-state index in [1.54, 1.807) is 6.20 Å². The molecule has 2 rings (SSSR count). The van der Waals surface area contributed by atoms with Crippen LogP contribution in [-0.2, 0) is 11.3 Å². The molecule has 0 radical (unpaired) electrons. The molecule has 16 heavy (non-hydrogen) atoms. The number of nitrogens with one attached hydrogen (secondary N) is 1. The highest BCUT2D eigenvalue weighted by atomic mass is 16.2. The van der Waals surface area contributed by atoms with E-state index in [1.165, 1.54) is 12.8 Å². The Hall–Kier alpha value is -1.32. The van der Waals surface area contributed by atoms with Crippen molar-refractivity contribution in [1.82, 2.24) is 15.1 Å². The average molecular weight is 221 g/mol. The first-order valence-electron chi connectivity index (χ1n) is 5.91. The van der Waals surface area contributed by atoms with Gasteiger partial charge < -0.3 is 4.90 Å². The summed E-state index contributed by atoms with van der Waals surface area (Å²) in [6, 6.07) is 0. The Labute approximate surface area is 96.0 Å². The van der Waals surface area contributed by atoms with Crippen molar-refractivity contribution in [2.24, 2.45) is 11.8 Å². The van der Waals surface area contributed by atoms with E-state index < -0.39 is 0 Å². The molecule has 1 amide bonds. The van der Waals surface area contributed by atoms with Gasteiger partial charge in [0, 0.05) is 31.3 Å². The number of hydrogen-bond donors (Lipinski definition) is 1. The van der Waals surface area contributed by atoms with Gasteiger partial charge >= 0.3 is 0 Å². The lowest BCUT2D eigenvalue weighted by Gasteiger charge is -2.22. The highest BCUT2D eigenvalue weighted by molar-refractivity contribution is 5.79. The molecule has 2 unspecified atom stereocenters. The minimum absolute atomic E-state index is 0.233. The Kier molecular flexibility index (Phi) is 3.27. The molecule has 2 atom stereocenters. The molecule has 1 aromatic rings. The van der Waals surface area contributed by atoms with E-state index in [0.29, 0.717) is 12.5 Å². The van der Waals surface area contributed by atoms with Crippen LogP contribution in [0.1, 0.15) is 31.7 Å². The predicted molar refractivity (Wildman–Crippen MR) is 61.6 cm³/mol. The van der Waals surface area contributed by atoms with Crippen molar-refractivity contribution in [1.29, 1.82) is 0 Å². The summed E-state index contributed by atoms with van der Waals surface area (Å²) >= 11 is 0. The van der Waals surface area contributed by atoms with Gasteiger partial charge in [0.25, 0.3) is 0 Å². The van der Waals surface area contributed by atoms with E-state index in [4.69, 9.17) is 0 Å². The van der Waals surface area contributed by atoms with Crippen LogP contribution < -0.4 is 0 Å². The van der Waals surface area contributed by atoms with Gasteiger partial charge in [-0.2, -0.15) is 5.10 Å². The van der Waals surface area contributed by atoms with Gasteiger partial charge in [-0.05, 0) is 18.8 Å². The summed E-state index contributed by atoms with van der Waals surface area (Å²) in [6.45, 7) is 2.83. The zero-order valence-electron chi connectivity index (χ0n) is 9.94. The Morgan fingerprint density at radius 3 is 3.00 bits per heavy atom. The molecule has 1 aliphatic carbocycles. The summed E-state index contributed by atoms with van der Waals surface area (Å²) in [7, 11) is 1.88. The molecule has 4 heteroatoms. The van der Waals surface area contributed by atoms with Crippen LogP contribution in [0.3, 0.4) is 0 Å². The largest absolute Gasteiger partial charge is 0.341 e. The van der Waals surface area contributed by atoms with Crippen LogP contribution in [0.5, 0.6) is 0 Å². The molecular formula is C12H19N3O. The van der Waals surface area contributed by atoms with E-state index in [2.05, 4.69) is 17.1 Å². The molecule has 1 aliphatic rings. The zero-order chi connectivity index (χ0) is 11.5. The van der Waals surface area contributed by atoms with Crippen LogP contribution >= 0.6 is 0 Å². The molecule has 1 saturated carbocycles.